The van der Waals surface area contributed by atoms with Crippen molar-refractivity contribution in [2.24, 2.45) is 0 Å². The quantitative estimate of drug-likeness (QED) is 0.274. The molecule has 0 aliphatic carbocycles. The maximum absolute atomic E-state index is 8.74. The summed E-state index contributed by atoms with van der Waals surface area (Å²) in [6, 6.07) is 0. The van der Waals surface area contributed by atoms with E-state index < -0.39 is 10.4 Å². The first kappa shape index (κ1) is 11.8. The van der Waals surface area contributed by atoms with Gasteiger partial charge in [-0.25, -0.2) is 0 Å². The molecule has 0 bridgehead atoms. The van der Waals surface area contributed by atoms with Crippen molar-refractivity contribution >= 4 is 28.1 Å². The third-order valence-corrected chi connectivity index (χ3v) is 0.204. The summed E-state index contributed by atoms with van der Waals surface area (Å²) in [5.41, 5.74) is 0. The topological polar surface area (TPSA) is 74.6 Å². The zero-order chi connectivity index (χ0) is 7.91. The van der Waals surface area contributed by atoms with E-state index in [9.17, 15) is 0 Å². The van der Waals surface area contributed by atoms with Crippen LogP contribution in [0.5, 0.6) is 0 Å². The van der Waals surface area contributed by atoms with E-state index in [2.05, 4.69) is 5.92 Å². The van der Waals surface area contributed by atoms with Gasteiger partial charge >= 0.3 is 45.6 Å². The second kappa shape index (κ2) is 6.15. The fraction of sp³-hybridized carbons (Fsp3) is 0.333. The summed E-state index contributed by atoms with van der Waals surface area (Å²) in [5.74, 6) is 2.43. The number of hydrogen-bond acceptors (Lipinski definition) is 2. The summed E-state index contributed by atoms with van der Waals surface area (Å²) >= 11 is 1.94. The molecule has 0 atom stereocenters. The third kappa shape index (κ3) is 276. The van der Waals surface area contributed by atoms with Crippen LogP contribution in [0.2, 0.25) is 5.09 Å². The van der Waals surface area contributed by atoms with Gasteiger partial charge in [0, 0.05) is 0 Å². The Morgan fingerprint density at radius 1 is 1.56 bits per heavy atom. The van der Waals surface area contributed by atoms with Gasteiger partial charge in [-0.2, -0.15) is 8.42 Å². The van der Waals surface area contributed by atoms with Gasteiger partial charge in [0.05, 0.1) is 0 Å². The number of terminal acetylenes is 1. The van der Waals surface area contributed by atoms with Gasteiger partial charge in [0.1, 0.15) is 0 Å². The molecule has 0 radical (unpaired) electrons. The molecule has 0 aliphatic rings. The van der Waals surface area contributed by atoms with E-state index in [1.165, 1.54) is 0 Å². The van der Waals surface area contributed by atoms with Gasteiger partial charge in [-0.1, -0.05) is 0 Å². The molecule has 0 aromatic rings. The van der Waals surface area contributed by atoms with E-state index in [0.29, 0.717) is 0 Å². The molecule has 0 fully saturated rings. The molecule has 0 rings (SSSR count). The minimum atomic E-state index is -4.67. The van der Waals surface area contributed by atoms with Crippen molar-refractivity contribution in [3.8, 4) is 12.3 Å². The second-order valence-corrected chi connectivity index (χ2v) is 1.90. The molecule has 9 heavy (non-hydrogen) atoms. The Balaban J connectivity index is 0. The molecular formula is C3H5LiO4S. The molecule has 2 N–H and O–H groups in total. The van der Waals surface area contributed by atoms with Crippen LogP contribution in [0.25, 0.3) is 0 Å². The first-order valence-electron chi connectivity index (χ1n) is 2.05. The van der Waals surface area contributed by atoms with Crippen molar-refractivity contribution < 1.29 is 17.5 Å². The van der Waals surface area contributed by atoms with Crippen molar-refractivity contribution in [1.82, 2.24) is 0 Å². The van der Waals surface area contributed by atoms with Crippen molar-refractivity contribution in [3.05, 3.63) is 0 Å². The van der Waals surface area contributed by atoms with Gasteiger partial charge in [-0.05, 0) is 0 Å². The normalized spacial score (nSPS) is 8.78. The molecule has 0 saturated heterocycles. The van der Waals surface area contributed by atoms with Crippen LogP contribution in [0, 0.1) is 12.3 Å². The van der Waals surface area contributed by atoms with E-state index >= 15 is 0 Å². The van der Waals surface area contributed by atoms with E-state index in [1.807, 2.05) is 17.7 Å². The van der Waals surface area contributed by atoms with Crippen LogP contribution in [0.15, 0.2) is 0 Å². The van der Waals surface area contributed by atoms with Crippen LogP contribution in [0.4, 0.5) is 0 Å². The van der Waals surface area contributed by atoms with Crippen LogP contribution < -0.4 is 0 Å². The Morgan fingerprint density at radius 3 is 1.67 bits per heavy atom. The van der Waals surface area contributed by atoms with Gasteiger partial charge < -0.3 is 0 Å². The Labute approximate surface area is 63.4 Å². The Bertz CT molecular complexity index is 168. The number of hydrogen-bond donors (Lipinski definition) is 2. The van der Waals surface area contributed by atoms with E-state index in [1.54, 1.807) is 0 Å². The molecule has 0 aromatic heterocycles. The monoisotopic (exact) mass is 144 g/mol. The number of rotatable bonds is 0. The van der Waals surface area contributed by atoms with Gasteiger partial charge in [0.2, 0.25) is 0 Å². The van der Waals surface area contributed by atoms with Crippen LogP contribution in [-0.4, -0.2) is 35.2 Å². The van der Waals surface area contributed by atoms with Crippen molar-refractivity contribution in [1.29, 1.82) is 0 Å². The van der Waals surface area contributed by atoms with Crippen LogP contribution in [-0.2, 0) is 10.4 Å². The molecule has 0 unspecified atom stereocenters. The standard InChI is InChI=1S/C3H3.Li.H2O4S/c1-3-2;;1-5(2,3)4/h1H,2H2;;(H2,1,2,3,4). The van der Waals surface area contributed by atoms with Crippen LogP contribution >= 0.6 is 0 Å². The first-order chi connectivity index (χ1) is 3.91. The Kier molecular flexibility index (Phi) is 8.05. The van der Waals surface area contributed by atoms with Crippen LogP contribution in [0.3, 0.4) is 0 Å². The summed E-state index contributed by atoms with van der Waals surface area (Å²) in [5, 5.41) is 0.847. The summed E-state index contributed by atoms with van der Waals surface area (Å²) < 4.78 is 31.6. The molecule has 0 amide bonds. The van der Waals surface area contributed by atoms with Gasteiger partial charge in [-0.15, -0.1) is 0 Å². The summed E-state index contributed by atoms with van der Waals surface area (Å²) in [6.07, 6.45) is 4.78. The Morgan fingerprint density at radius 2 is 1.67 bits per heavy atom. The predicted molar refractivity (Wildman–Crippen MR) is 33.6 cm³/mol. The first-order valence-corrected chi connectivity index (χ1v) is 3.44. The zero-order valence-electron chi connectivity index (χ0n) is 4.90. The molecule has 0 aromatic carbocycles. The minimum absolute atomic E-state index is 0.847. The predicted octanol–water partition coefficient (Wildman–Crippen LogP) is -0.446. The van der Waals surface area contributed by atoms with E-state index in [4.69, 9.17) is 23.9 Å². The van der Waals surface area contributed by atoms with Crippen molar-refractivity contribution in [2.45, 2.75) is 5.09 Å². The van der Waals surface area contributed by atoms with Gasteiger partial charge in [0.15, 0.2) is 0 Å². The molecule has 0 saturated carbocycles. The van der Waals surface area contributed by atoms with E-state index in [-0.39, 0.29) is 0 Å². The fourth-order valence-electron chi connectivity index (χ4n) is 0. The molecular weight excluding hydrogens is 139 g/mol. The summed E-state index contributed by atoms with van der Waals surface area (Å²) in [7, 11) is -4.67. The molecule has 0 aliphatic heterocycles. The SMILES string of the molecule is O=S(=O)(O)O.[Li][CH2]C#C. The van der Waals surface area contributed by atoms with Gasteiger partial charge in [0.25, 0.3) is 0 Å². The molecule has 6 heteroatoms. The third-order valence-electron chi connectivity index (χ3n) is 0.204. The van der Waals surface area contributed by atoms with Crippen molar-refractivity contribution in [3.63, 3.8) is 0 Å². The average Bonchev–Trinajstić information content (AvgIpc) is 1.61. The van der Waals surface area contributed by atoms with E-state index in [0.717, 1.165) is 5.09 Å². The van der Waals surface area contributed by atoms with Crippen LogP contribution in [0.1, 0.15) is 0 Å². The summed E-state index contributed by atoms with van der Waals surface area (Å²) in [4.78, 5) is 0. The molecule has 0 spiro atoms. The van der Waals surface area contributed by atoms with Crippen molar-refractivity contribution in [2.75, 3.05) is 0 Å². The maximum atomic E-state index is 8.74. The fourth-order valence-corrected chi connectivity index (χ4v) is 0. The van der Waals surface area contributed by atoms with Gasteiger partial charge in [-0.3, -0.25) is 9.11 Å². The molecule has 4 nitrogen and oxygen atoms in total. The Hall–Kier alpha value is 0.0274. The molecule has 48 valence electrons. The molecule has 0 heterocycles. The second-order valence-electron chi connectivity index (χ2n) is 1.01. The summed E-state index contributed by atoms with van der Waals surface area (Å²) in [6.45, 7) is 0. The average molecular weight is 144 g/mol. The zero-order valence-corrected chi connectivity index (χ0v) is 5.72.